The Bertz CT molecular complexity index is 675. The van der Waals surface area contributed by atoms with Crippen molar-refractivity contribution in [2.24, 2.45) is 0 Å². The van der Waals surface area contributed by atoms with Crippen molar-refractivity contribution in [3.05, 3.63) is 42.5 Å². The van der Waals surface area contributed by atoms with Gasteiger partial charge in [0.05, 0.1) is 6.54 Å². The number of fused-ring (bicyclic) bond motifs is 1. The predicted molar refractivity (Wildman–Crippen MR) is 97.5 cm³/mol. The number of ether oxygens (including phenoxy) is 1. The zero-order chi connectivity index (χ0) is 16.8. The first kappa shape index (κ1) is 16.6. The van der Waals surface area contributed by atoms with E-state index >= 15 is 0 Å². The van der Waals surface area contributed by atoms with Crippen LogP contribution < -0.4 is 10.1 Å². The van der Waals surface area contributed by atoms with Crippen molar-refractivity contribution in [1.82, 2.24) is 10.2 Å². The van der Waals surface area contributed by atoms with Crippen LogP contribution in [0.4, 0.5) is 4.79 Å². The fraction of sp³-hybridized carbons (Fsp3) is 0.450. The maximum Gasteiger partial charge on any atom is 0.317 e. The quantitative estimate of drug-likeness (QED) is 0.837. The molecule has 1 aliphatic carbocycles. The van der Waals surface area contributed by atoms with Gasteiger partial charge in [0.25, 0.3) is 0 Å². The first-order valence-electron chi connectivity index (χ1n) is 8.87. The normalized spacial score (nSPS) is 15.2. The minimum absolute atomic E-state index is 0.00317. The van der Waals surface area contributed by atoms with Crippen LogP contribution in [0, 0.1) is 0 Å². The van der Waals surface area contributed by atoms with Gasteiger partial charge in [0, 0.05) is 18.5 Å². The van der Waals surface area contributed by atoms with Crippen molar-refractivity contribution in [3.8, 4) is 5.75 Å². The number of hydrogen-bond acceptors (Lipinski definition) is 2. The highest BCUT2D eigenvalue weighted by atomic mass is 16.5. The third-order valence-electron chi connectivity index (χ3n) is 4.83. The van der Waals surface area contributed by atoms with Crippen molar-refractivity contribution in [2.75, 3.05) is 20.2 Å². The van der Waals surface area contributed by atoms with Gasteiger partial charge in [-0.25, -0.2) is 4.79 Å². The number of benzene rings is 2. The minimum atomic E-state index is 0.00317. The summed E-state index contributed by atoms with van der Waals surface area (Å²) in [5.41, 5.74) is 0. The molecule has 1 N–H and O–H groups in total. The molecule has 4 nitrogen and oxygen atoms in total. The lowest BCUT2D eigenvalue weighted by Crippen LogP contribution is -2.45. The molecule has 2 aromatic carbocycles. The van der Waals surface area contributed by atoms with Gasteiger partial charge in [0.1, 0.15) is 12.4 Å². The molecule has 24 heavy (non-hydrogen) atoms. The molecule has 0 aromatic heterocycles. The van der Waals surface area contributed by atoms with Crippen LogP contribution in [-0.4, -0.2) is 37.2 Å². The molecular formula is C20H26N2O2. The fourth-order valence-corrected chi connectivity index (χ4v) is 3.40. The molecule has 0 bridgehead atoms. The van der Waals surface area contributed by atoms with Crippen LogP contribution in [-0.2, 0) is 0 Å². The van der Waals surface area contributed by atoms with E-state index in [4.69, 9.17) is 4.74 Å². The smallest absolute Gasteiger partial charge is 0.317 e. The SMILES string of the molecule is CN(C(=O)NCCOc1cccc2ccccc12)C1CCCCC1. The number of rotatable bonds is 5. The lowest BCUT2D eigenvalue weighted by Gasteiger charge is -2.31. The zero-order valence-electron chi connectivity index (χ0n) is 14.3. The molecule has 0 atom stereocenters. The van der Waals surface area contributed by atoms with Crippen LogP contribution in [0.1, 0.15) is 32.1 Å². The van der Waals surface area contributed by atoms with E-state index in [-0.39, 0.29) is 6.03 Å². The Hall–Kier alpha value is -2.23. The number of amides is 2. The molecule has 0 unspecified atom stereocenters. The zero-order valence-corrected chi connectivity index (χ0v) is 14.3. The van der Waals surface area contributed by atoms with Gasteiger partial charge in [-0.2, -0.15) is 0 Å². The largest absolute Gasteiger partial charge is 0.491 e. The standard InChI is InChI=1S/C20H26N2O2/c1-22(17-10-3-2-4-11-17)20(23)21-14-15-24-19-13-7-9-16-8-5-6-12-18(16)19/h5-9,12-13,17H,2-4,10-11,14-15H2,1H3,(H,21,23). The molecule has 2 amide bonds. The van der Waals surface area contributed by atoms with Gasteiger partial charge in [0.2, 0.25) is 0 Å². The molecule has 0 spiro atoms. The molecule has 1 saturated carbocycles. The lowest BCUT2D eigenvalue weighted by molar-refractivity contribution is 0.171. The van der Waals surface area contributed by atoms with Crippen LogP contribution in [0.3, 0.4) is 0 Å². The molecule has 4 heteroatoms. The molecule has 1 aliphatic rings. The number of carbonyl (C=O) groups excluding carboxylic acids is 1. The van der Waals surface area contributed by atoms with Crippen LogP contribution in [0.2, 0.25) is 0 Å². The average molecular weight is 326 g/mol. The Morgan fingerprint density at radius 1 is 1.12 bits per heavy atom. The Labute approximate surface area is 143 Å². The topological polar surface area (TPSA) is 41.6 Å². The van der Waals surface area contributed by atoms with Gasteiger partial charge in [-0.3, -0.25) is 0 Å². The van der Waals surface area contributed by atoms with Gasteiger partial charge < -0.3 is 15.0 Å². The summed E-state index contributed by atoms with van der Waals surface area (Å²) in [4.78, 5) is 14.1. The predicted octanol–water partition coefficient (Wildman–Crippen LogP) is 4.19. The average Bonchev–Trinajstić information content (AvgIpc) is 2.65. The van der Waals surface area contributed by atoms with Crippen molar-refractivity contribution in [1.29, 1.82) is 0 Å². The molecule has 0 radical (unpaired) electrons. The molecule has 2 aromatic rings. The third-order valence-corrected chi connectivity index (χ3v) is 4.83. The number of hydrogen-bond donors (Lipinski definition) is 1. The summed E-state index contributed by atoms with van der Waals surface area (Å²) in [7, 11) is 1.90. The van der Waals surface area contributed by atoms with E-state index < -0.39 is 0 Å². The summed E-state index contributed by atoms with van der Waals surface area (Å²) in [6.07, 6.45) is 6.00. The third kappa shape index (κ3) is 3.99. The van der Waals surface area contributed by atoms with Crippen molar-refractivity contribution < 1.29 is 9.53 Å². The van der Waals surface area contributed by atoms with E-state index in [1.807, 2.05) is 36.2 Å². The molecule has 0 heterocycles. The molecule has 0 saturated heterocycles. The highest BCUT2D eigenvalue weighted by Crippen LogP contribution is 2.25. The van der Waals surface area contributed by atoms with Gasteiger partial charge >= 0.3 is 6.03 Å². The molecule has 3 rings (SSSR count). The molecular weight excluding hydrogens is 300 g/mol. The van der Waals surface area contributed by atoms with Gasteiger partial charge in [-0.15, -0.1) is 0 Å². The Balaban J connectivity index is 1.47. The van der Waals surface area contributed by atoms with Crippen LogP contribution >= 0.6 is 0 Å². The minimum Gasteiger partial charge on any atom is -0.491 e. The molecule has 1 fully saturated rings. The first-order valence-corrected chi connectivity index (χ1v) is 8.87. The number of carbonyl (C=O) groups is 1. The maximum atomic E-state index is 12.2. The fourth-order valence-electron chi connectivity index (χ4n) is 3.40. The van der Waals surface area contributed by atoms with E-state index in [9.17, 15) is 4.79 Å². The highest BCUT2D eigenvalue weighted by molar-refractivity contribution is 5.88. The monoisotopic (exact) mass is 326 g/mol. The van der Waals surface area contributed by atoms with Gasteiger partial charge in [-0.05, 0) is 24.3 Å². The second-order valence-electron chi connectivity index (χ2n) is 6.46. The Morgan fingerprint density at radius 3 is 2.71 bits per heavy atom. The van der Waals surface area contributed by atoms with E-state index in [1.165, 1.54) is 19.3 Å². The van der Waals surface area contributed by atoms with E-state index in [2.05, 4.69) is 23.5 Å². The summed E-state index contributed by atoms with van der Waals surface area (Å²) in [6.45, 7) is 0.984. The summed E-state index contributed by atoms with van der Waals surface area (Å²) in [5.74, 6) is 0.864. The number of urea groups is 1. The number of nitrogens with one attached hydrogen (secondary N) is 1. The number of nitrogens with zero attached hydrogens (tertiary/aromatic N) is 1. The summed E-state index contributed by atoms with van der Waals surface area (Å²) in [5, 5.41) is 5.23. The van der Waals surface area contributed by atoms with Crippen LogP contribution in [0.5, 0.6) is 5.75 Å². The van der Waals surface area contributed by atoms with E-state index in [0.29, 0.717) is 19.2 Å². The van der Waals surface area contributed by atoms with Gasteiger partial charge in [0.15, 0.2) is 0 Å². The first-order chi connectivity index (χ1) is 11.8. The summed E-state index contributed by atoms with van der Waals surface area (Å²) < 4.78 is 5.86. The van der Waals surface area contributed by atoms with Crippen LogP contribution in [0.15, 0.2) is 42.5 Å². The molecule has 0 aliphatic heterocycles. The summed E-state index contributed by atoms with van der Waals surface area (Å²) >= 11 is 0. The second kappa shape index (κ2) is 8.04. The Kier molecular flexibility index (Phi) is 5.57. The highest BCUT2D eigenvalue weighted by Gasteiger charge is 2.21. The van der Waals surface area contributed by atoms with Crippen molar-refractivity contribution >= 4 is 16.8 Å². The van der Waals surface area contributed by atoms with Crippen molar-refractivity contribution in [2.45, 2.75) is 38.1 Å². The van der Waals surface area contributed by atoms with Crippen LogP contribution in [0.25, 0.3) is 10.8 Å². The Morgan fingerprint density at radius 2 is 1.88 bits per heavy atom. The second-order valence-corrected chi connectivity index (χ2v) is 6.46. The van der Waals surface area contributed by atoms with E-state index in [0.717, 1.165) is 29.4 Å². The molecule has 128 valence electrons. The van der Waals surface area contributed by atoms with Crippen molar-refractivity contribution in [3.63, 3.8) is 0 Å². The lowest BCUT2D eigenvalue weighted by atomic mass is 9.95. The van der Waals surface area contributed by atoms with E-state index in [1.54, 1.807) is 0 Å². The maximum absolute atomic E-state index is 12.2. The van der Waals surface area contributed by atoms with Gasteiger partial charge in [-0.1, -0.05) is 55.7 Å². The summed E-state index contributed by atoms with van der Waals surface area (Å²) in [6, 6.07) is 14.6.